The van der Waals surface area contributed by atoms with E-state index in [0.717, 1.165) is 16.9 Å². The van der Waals surface area contributed by atoms with Gasteiger partial charge < -0.3 is 19.7 Å². The van der Waals surface area contributed by atoms with Crippen LogP contribution in [0.3, 0.4) is 0 Å². The van der Waals surface area contributed by atoms with Gasteiger partial charge in [0.2, 0.25) is 17.6 Å². The molecule has 152 valence electrons. The number of methoxy groups -OCH3 is 1. The fourth-order valence-electron chi connectivity index (χ4n) is 2.75. The summed E-state index contributed by atoms with van der Waals surface area (Å²) in [5, 5.41) is 16.7. The van der Waals surface area contributed by atoms with E-state index in [0.29, 0.717) is 23.8 Å². The summed E-state index contributed by atoms with van der Waals surface area (Å²) in [7, 11) is 1.60. The summed E-state index contributed by atoms with van der Waals surface area (Å²) < 4.78 is 10.4. The number of aromatic hydroxyl groups is 1. The molecule has 0 saturated heterocycles. The summed E-state index contributed by atoms with van der Waals surface area (Å²) in [6.07, 6.45) is 0.456. The fraction of sp³-hybridized carbons (Fsp3) is 0.318. The Morgan fingerprint density at radius 3 is 2.55 bits per heavy atom. The number of aryl methyl sites for hydroxylation is 1. The number of nitrogens with zero attached hydrogens (tertiary/aromatic N) is 2. The highest BCUT2D eigenvalue weighted by molar-refractivity contribution is 5.92. The summed E-state index contributed by atoms with van der Waals surface area (Å²) >= 11 is 0. The van der Waals surface area contributed by atoms with Crippen LogP contribution in [-0.4, -0.2) is 28.3 Å². The Balaban J connectivity index is 1.61. The minimum Gasteiger partial charge on any atom is -0.506 e. The lowest BCUT2D eigenvalue weighted by molar-refractivity contribution is -0.116. The molecule has 0 saturated carbocycles. The second-order valence-electron chi connectivity index (χ2n) is 7.77. The van der Waals surface area contributed by atoms with Crippen LogP contribution in [0.15, 0.2) is 47.0 Å². The number of anilines is 1. The third kappa shape index (κ3) is 5.13. The van der Waals surface area contributed by atoms with Gasteiger partial charge in [-0.2, -0.15) is 4.98 Å². The van der Waals surface area contributed by atoms with Crippen molar-refractivity contribution in [2.45, 2.75) is 39.0 Å². The molecule has 0 bridgehead atoms. The van der Waals surface area contributed by atoms with Gasteiger partial charge in [-0.15, -0.1) is 0 Å². The van der Waals surface area contributed by atoms with Crippen molar-refractivity contribution < 1.29 is 19.2 Å². The molecule has 0 aliphatic carbocycles. The molecular formula is C22H25N3O4. The van der Waals surface area contributed by atoms with Gasteiger partial charge in [0, 0.05) is 18.4 Å². The minimum absolute atomic E-state index is 0.0333. The van der Waals surface area contributed by atoms with Crippen molar-refractivity contribution in [1.29, 1.82) is 0 Å². The van der Waals surface area contributed by atoms with E-state index in [1.165, 1.54) is 0 Å². The van der Waals surface area contributed by atoms with Crippen LogP contribution < -0.4 is 10.1 Å². The highest BCUT2D eigenvalue weighted by atomic mass is 16.5. The zero-order chi connectivity index (χ0) is 21.0. The first kappa shape index (κ1) is 20.4. The molecule has 0 aliphatic heterocycles. The first-order valence-corrected chi connectivity index (χ1v) is 9.36. The number of carbonyl (C=O) groups excluding carboxylic acids is 1. The summed E-state index contributed by atoms with van der Waals surface area (Å²) in [5.41, 5.74) is 2.13. The molecule has 2 N–H and O–H groups in total. The van der Waals surface area contributed by atoms with E-state index < -0.39 is 0 Å². The molecule has 2 aromatic carbocycles. The second-order valence-corrected chi connectivity index (χ2v) is 7.77. The smallest absolute Gasteiger partial charge is 0.227 e. The molecule has 0 atom stereocenters. The molecule has 1 amide bonds. The van der Waals surface area contributed by atoms with Crippen molar-refractivity contribution in [3.05, 3.63) is 53.9 Å². The minimum atomic E-state index is -0.240. The molecular weight excluding hydrogens is 370 g/mol. The van der Waals surface area contributed by atoms with Gasteiger partial charge in [-0.3, -0.25) is 4.79 Å². The van der Waals surface area contributed by atoms with Crippen molar-refractivity contribution in [2.75, 3.05) is 12.4 Å². The Hall–Kier alpha value is -3.35. The average Bonchev–Trinajstić information content (AvgIpc) is 3.16. The highest BCUT2D eigenvalue weighted by Gasteiger charge is 2.17. The summed E-state index contributed by atoms with van der Waals surface area (Å²) in [4.78, 5) is 16.7. The van der Waals surface area contributed by atoms with Gasteiger partial charge in [0.05, 0.1) is 12.8 Å². The molecule has 0 radical (unpaired) electrons. The van der Waals surface area contributed by atoms with E-state index in [9.17, 15) is 9.90 Å². The number of nitrogens with one attached hydrogen (secondary N) is 1. The maximum Gasteiger partial charge on any atom is 0.227 e. The molecule has 0 spiro atoms. The third-order valence-corrected chi connectivity index (χ3v) is 4.52. The van der Waals surface area contributed by atoms with Crippen LogP contribution in [0.1, 0.15) is 38.6 Å². The number of hydrogen-bond donors (Lipinski definition) is 2. The van der Waals surface area contributed by atoms with Crippen molar-refractivity contribution in [3.63, 3.8) is 0 Å². The highest BCUT2D eigenvalue weighted by Crippen LogP contribution is 2.30. The Morgan fingerprint density at radius 2 is 1.90 bits per heavy atom. The number of amides is 1. The van der Waals surface area contributed by atoms with Gasteiger partial charge in [0.1, 0.15) is 11.5 Å². The number of ether oxygens (including phenoxy) is 1. The Kier molecular flexibility index (Phi) is 5.87. The average molecular weight is 395 g/mol. The normalized spacial score (nSPS) is 11.3. The molecule has 0 fully saturated rings. The van der Waals surface area contributed by atoms with E-state index in [-0.39, 0.29) is 23.5 Å². The summed E-state index contributed by atoms with van der Waals surface area (Å²) in [5.74, 6) is 1.37. The zero-order valence-electron chi connectivity index (χ0n) is 17.0. The van der Waals surface area contributed by atoms with E-state index in [1.54, 1.807) is 19.2 Å². The predicted octanol–water partition coefficient (Wildman–Crippen LogP) is 4.32. The molecule has 29 heavy (non-hydrogen) atoms. The quantitative estimate of drug-likeness (QED) is 0.603. The first-order chi connectivity index (χ1) is 13.8. The molecule has 3 aromatic rings. The SMILES string of the molecule is COc1ccc(-c2noc(CCC(=O)Nc3cc(C(C)(C)C)ccc3O)n2)cc1. The van der Waals surface area contributed by atoms with Crippen LogP contribution >= 0.6 is 0 Å². The topological polar surface area (TPSA) is 97.5 Å². The lowest BCUT2D eigenvalue weighted by Crippen LogP contribution is -2.15. The molecule has 0 aliphatic rings. The van der Waals surface area contributed by atoms with Crippen LogP contribution in [0.2, 0.25) is 0 Å². The molecule has 0 unspecified atom stereocenters. The maximum absolute atomic E-state index is 12.3. The Morgan fingerprint density at radius 1 is 1.17 bits per heavy atom. The van der Waals surface area contributed by atoms with Gasteiger partial charge in [-0.25, -0.2) is 0 Å². The molecule has 1 heterocycles. The fourth-order valence-corrected chi connectivity index (χ4v) is 2.75. The Labute approximate surface area is 169 Å². The van der Waals surface area contributed by atoms with Crippen LogP contribution in [0.25, 0.3) is 11.4 Å². The predicted molar refractivity (Wildman–Crippen MR) is 110 cm³/mol. The van der Waals surface area contributed by atoms with Crippen LogP contribution in [0.5, 0.6) is 11.5 Å². The lowest BCUT2D eigenvalue weighted by atomic mass is 9.87. The van der Waals surface area contributed by atoms with Gasteiger partial charge >= 0.3 is 0 Å². The third-order valence-electron chi connectivity index (χ3n) is 4.52. The molecule has 7 heteroatoms. The number of phenols is 1. The number of hydrogen-bond acceptors (Lipinski definition) is 6. The van der Waals surface area contributed by atoms with Gasteiger partial charge in [-0.05, 0) is 47.4 Å². The largest absolute Gasteiger partial charge is 0.506 e. The van der Waals surface area contributed by atoms with E-state index >= 15 is 0 Å². The van der Waals surface area contributed by atoms with Gasteiger partial charge in [-0.1, -0.05) is 32.0 Å². The molecule has 3 rings (SSSR count). The van der Waals surface area contributed by atoms with Crippen LogP contribution in [0.4, 0.5) is 5.69 Å². The van der Waals surface area contributed by atoms with Gasteiger partial charge in [0.25, 0.3) is 0 Å². The summed E-state index contributed by atoms with van der Waals surface area (Å²) in [6, 6.07) is 12.5. The van der Waals surface area contributed by atoms with Crippen molar-refractivity contribution in [2.24, 2.45) is 0 Å². The monoisotopic (exact) mass is 395 g/mol. The maximum atomic E-state index is 12.3. The number of phenolic OH excluding ortho intramolecular Hbond substituents is 1. The van der Waals surface area contributed by atoms with Gasteiger partial charge in [0.15, 0.2) is 0 Å². The summed E-state index contributed by atoms with van der Waals surface area (Å²) in [6.45, 7) is 6.21. The van der Waals surface area contributed by atoms with E-state index in [2.05, 4.69) is 36.2 Å². The van der Waals surface area contributed by atoms with Crippen molar-refractivity contribution in [3.8, 4) is 22.9 Å². The number of aromatic nitrogens is 2. The first-order valence-electron chi connectivity index (χ1n) is 9.36. The lowest BCUT2D eigenvalue weighted by Gasteiger charge is -2.20. The number of carbonyl (C=O) groups is 1. The van der Waals surface area contributed by atoms with E-state index in [4.69, 9.17) is 9.26 Å². The van der Waals surface area contributed by atoms with E-state index in [1.807, 2.05) is 30.3 Å². The standard InChI is InChI=1S/C22H25N3O4/c1-22(2,3)15-7-10-18(26)17(13-15)23-19(27)11-12-20-24-21(25-29-20)14-5-8-16(28-4)9-6-14/h5-10,13,26H,11-12H2,1-4H3,(H,23,27). The van der Waals surface area contributed by atoms with Crippen molar-refractivity contribution in [1.82, 2.24) is 10.1 Å². The molecule has 1 aromatic heterocycles. The number of benzene rings is 2. The zero-order valence-corrected chi connectivity index (χ0v) is 17.0. The van der Waals surface area contributed by atoms with Crippen LogP contribution in [0, 0.1) is 0 Å². The Bertz CT molecular complexity index is 988. The van der Waals surface area contributed by atoms with Crippen molar-refractivity contribution >= 4 is 11.6 Å². The number of rotatable bonds is 6. The van der Waals surface area contributed by atoms with Crippen LogP contribution in [-0.2, 0) is 16.6 Å². The second kappa shape index (κ2) is 8.34. The molecule has 7 nitrogen and oxygen atoms in total.